The highest BCUT2D eigenvalue weighted by atomic mass is 19.3. The number of fused-ring (bicyclic) bond motifs is 1. The minimum absolute atomic E-state index is 0.116. The summed E-state index contributed by atoms with van der Waals surface area (Å²) in [6, 6.07) is 8.53. The van der Waals surface area contributed by atoms with E-state index in [4.69, 9.17) is 0 Å². The molecule has 10 heteroatoms. The first-order chi connectivity index (χ1) is 13.3. The first-order valence-corrected chi connectivity index (χ1v) is 7.80. The van der Waals surface area contributed by atoms with Crippen LogP contribution in [0.2, 0.25) is 0 Å². The van der Waals surface area contributed by atoms with Crippen LogP contribution in [0.15, 0.2) is 42.5 Å². The molecular formula is C18H11F4NO5. The minimum Gasteiger partial charge on any atom is -0.435 e. The molecular weight excluding hydrogens is 386 g/mol. The number of carbonyl (C=O) groups excluding carboxylic acids is 3. The molecule has 146 valence electrons. The van der Waals surface area contributed by atoms with Crippen molar-refractivity contribution >= 4 is 17.6 Å². The van der Waals surface area contributed by atoms with Gasteiger partial charge in [0, 0.05) is 6.07 Å². The number of ether oxygens (including phenoxy) is 2. The highest BCUT2D eigenvalue weighted by molar-refractivity contribution is 6.23. The summed E-state index contributed by atoms with van der Waals surface area (Å²) in [6.45, 7) is -7.28. The molecule has 0 saturated carbocycles. The molecule has 2 amide bonds. The predicted molar refractivity (Wildman–Crippen MR) is 85.8 cm³/mol. The van der Waals surface area contributed by atoms with Crippen LogP contribution in [0.5, 0.6) is 11.5 Å². The smallest absolute Gasteiger partial charge is 0.387 e. The zero-order valence-electron chi connectivity index (χ0n) is 13.9. The summed E-state index contributed by atoms with van der Waals surface area (Å²) in [4.78, 5) is 37.8. The number of benzene rings is 2. The number of nitrogens with zero attached hydrogens (tertiary/aromatic N) is 1. The number of hydrogen-bond donors (Lipinski definition) is 0. The lowest BCUT2D eigenvalue weighted by Crippen LogP contribution is -2.35. The Labute approximate surface area is 155 Å². The number of carbonyl (C=O) groups is 3. The van der Waals surface area contributed by atoms with Crippen LogP contribution in [0.4, 0.5) is 17.6 Å². The second-order valence-electron chi connectivity index (χ2n) is 5.58. The zero-order valence-corrected chi connectivity index (χ0v) is 13.9. The van der Waals surface area contributed by atoms with Gasteiger partial charge in [0.25, 0.3) is 11.8 Å². The van der Waals surface area contributed by atoms with E-state index in [-0.39, 0.29) is 11.1 Å². The van der Waals surface area contributed by atoms with Crippen molar-refractivity contribution in [2.45, 2.75) is 13.2 Å². The predicted octanol–water partition coefficient (Wildman–Crippen LogP) is 3.37. The first-order valence-electron chi connectivity index (χ1n) is 7.80. The average Bonchev–Trinajstić information content (AvgIpc) is 2.86. The molecule has 1 aliphatic rings. The van der Waals surface area contributed by atoms with Crippen LogP contribution in [-0.4, -0.2) is 42.3 Å². The monoisotopic (exact) mass is 397 g/mol. The van der Waals surface area contributed by atoms with E-state index in [1.807, 2.05) is 0 Å². The molecule has 0 fully saturated rings. The summed E-state index contributed by atoms with van der Waals surface area (Å²) in [5.74, 6) is -3.52. The van der Waals surface area contributed by atoms with E-state index < -0.39 is 54.4 Å². The van der Waals surface area contributed by atoms with Crippen molar-refractivity contribution in [1.29, 1.82) is 0 Å². The fourth-order valence-corrected chi connectivity index (χ4v) is 2.71. The SMILES string of the molecule is O=C(CN1C(=O)c2ccccc2C1=O)c1ccc(OC(F)F)cc1OC(F)F. The molecule has 0 atom stereocenters. The lowest BCUT2D eigenvalue weighted by Gasteiger charge is -2.16. The van der Waals surface area contributed by atoms with Gasteiger partial charge in [0.1, 0.15) is 11.5 Å². The number of alkyl halides is 4. The van der Waals surface area contributed by atoms with Crippen molar-refractivity contribution < 1.29 is 41.4 Å². The summed E-state index contributed by atoms with van der Waals surface area (Å²) >= 11 is 0. The van der Waals surface area contributed by atoms with E-state index >= 15 is 0 Å². The van der Waals surface area contributed by atoms with Crippen LogP contribution in [0.25, 0.3) is 0 Å². The number of halogens is 4. The largest absolute Gasteiger partial charge is 0.435 e. The fraction of sp³-hybridized carbons (Fsp3) is 0.167. The number of Topliss-reactive ketones (excluding diaryl/α,β-unsaturated/α-hetero) is 1. The Hall–Kier alpha value is -3.43. The van der Waals surface area contributed by atoms with Gasteiger partial charge in [-0.05, 0) is 24.3 Å². The van der Waals surface area contributed by atoms with E-state index in [9.17, 15) is 31.9 Å². The van der Waals surface area contributed by atoms with Gasteiger partial charge in [-0.3, -0.25) is 19.3 Å². The third-order valence-corrected chi connectivity index (χ3v) is 3.87. The minimum atomic E-state index is -3.34. The molecule has 0 bridgehead atoms. The molecule has 3 rings (SSSR count). The second kappa shape index (κ2) is 7.67. The highest BCUT2D eigenvalue weighted by Crippen LogP contribution is 2.29. The van der Waals surface area contributed by atoms with Crippen LogP contribution in [0.3, 0.4) is 0 Å². The molecule has 2 aromatic rings. The average molecular weight is 397 g/mol. The molecule has 28 heavy (non-hydrogen) atoms. The molecule has 6 nitrogen and oxygen atoms in total. The summed E-state index contributed by atoms with van der Waals surface area (Å²) < 4.78 is 58.1. The van der Waals surface area contributed by atoms with Crippen molar-refractivity contribution in [3.63, 3.8) is 0 Å². The maximum absolute atomic E-state index is 12.6. The van der Waals surface area contributed by atoms with Crippen molar-refractivity contribution in [1.82, 2.24) is 4.90 Å². The van der Waals surface area contributed by atoms with Gasteiger partial charge in [-0.15, -0.1) is 0 Å². The van der Waals surface area contributed by atoms with Crippen LogP contribution >= 0.6 is 0 Å². The van der Waals surface area contributed by atoms with E-state index in [1.54, 1.807) is 12.1 Å². The number of ketones is 1. The highest BCUT2D eigenvalue weighted by Gasteiger charge is 2.36. The van der Waals surface area contributed by atoms with Crippen molar-refractivity contribution in [3.05, 3.63) is 59.2 Å². The molecule has 1 aliphatic heterocycles. The van der Waals surface area contributed by atoms with Gasteiger partial charge >= 0.3 is 13.2 Å². The number of hydrogen-bond acceptors (Lipinski definition) is 5. The van der Waals surface area contributed by atoms with Crippen LogP contribution < -0.4 is 9.47 Å². The quantitative estimate of drug-likeness (QED) is 0.407. The zero-order chi connectivity index (χ0) is 20.4. The Morgan fingerprint density at radius 3 is 2.00 bits per heavy atom. The van der Waals surface area contributed by atoms with Gasteiger partial charge in [0.05, 0.1) is 23.2 Å². The number of rotatable bonds is 7. The standard InChI is InChI=1S/C18H11F4NO5/c19-17(20)27-9-5-6-12(14(7-9)28-18(21)22)13(24)8-23-15(25)10-3-1-2-4-11(10)16(23)26/h1-7,17-18H,8H2. The van der Waals surface area contributed by atoms with Gasteiger partial charge < -0.3 is 9.47 Å². The van der Waals surface area contributed by atoms with Gasteiger partial charge in [-0.2, -0.15) is 17.6 Å². The molecule has 0 aromatic heterocycles. The summed E-state index contributed by atoms with van der Waals surface area (Å²) in [7, 11) is 0. The number of imide groups is 1. The molecule has 2 aromatic carbocycles. The topological polar surface area (TPSA) is 72.9 Å². The van der Waals surface area contributed by atoms with Gasteiger partial charge in [-0.25, -0.2) is 0 Å². The lowest BCUT2D eigenvalue weighted by molar-refractivity contribution is -0.0544. The molecule has 0 aliphatic carbocycles. The van der Waals surface area contributed by atoms with Gasteiger partial charge in [-0.1, -0.05) is 12.1 Å². The molecule has 1 heterocycles. The Kier molecular flexibility index (Phi) is 5.30. The Morgan fingerprint density at radius 2 is 1.46 bits per heavy atom. The molecule has 0 unspecified atom stereocenters. The molecule has 0 N–H and O–H groups in total. The molecule has 0 spiro atoms. The summed E-state index contributed by atoms with van der Waals surface area (Å²) in [5.41, 5.74) is -0.187. The van der Waals surface area contributed by atoms with Crippen molar-refractivity contribution in [2.24, 2.45) is 0 Å². The lowest BCUT2D eigenvalue weighted by atomic mass is 10.1. The normalized spacial score (nSPS) is 13.3. The Morgan fingerprint density at radius 1 is 0.893 bits per heavy atom. The van der Waals surface area contributed by atoms with Crippen molar-refractivity contribution in [2.75, 3.05) is 6.54 Å². The Bertz CT molecular complexity index is 912. The van der Waals surface area contributed by atoms with Crippen LogP contribution in [0, 0.1) is 0 Å². The summed E-state index contributed by atoms with van der Waals surface area (Å²) in [6.07, 6.45) is 0. The van der Waals surface area contributed by atoms with E-state index in [2.05, 4.69) is 9.47 Å². The fourth-order valence-electron chi connectivity index (χ4n) is 2.71. The van der Waals surface area contributed by atoms with Gasteiger partial charge in [0.2, 0.25) is 0 Å². The second-order valence-corrected chi connectivity index (χ2v) is 5.58. The Balaban J connectivity index is 1.86. The van der Waals surface area contributed by atoms with E-state index in [0.29, 0.717) is 11.0 Å². The first kappa shape index (κ1) is 19.3. The molecule has 0 saturated heterocycles. The van der Waals surface area contributed by atoms with E-state index in [1.165, 1.54) is 12.1 Å². The maximum atomic E-state index is 12.6. The third-order valence-electron chi connectivity index (χ3n) is 3.87. The van der Waals surface area contributed by atoms with Gasteiger partial charge in [0.15, 0.2) is 5.78 Å². The third kappa shape index (κ3) is 3.80. The van der Waals surface area contributed by atoms with Crippen molar-refractivity contribution in [3.8, 4) is 11.5 Å². The number of amides is 2. The summed E-state index contributed by atoms with van der Waals surface area (Å²) in [5, 5.41) is 0. The van der Waals surface area contributed by atoms with E-state index in [0.717, 1.165) is 12.1 Å². The van der Waals surface area contributed by atoms with Crippen LogP contribution in [0.1, 0.15) is 31.1 Å². The maximum Gasteiger partial charge on any atom is 0.387 e. The molecule has 0 radical (unpaired) electrons. The van der Waals surface area contributed by atoms with Crippen LogP contribution in [-0.2, 0) is 0 Å².